The Morgan fingerprint density at radius 1 is 1.22 bits per heavy atom. The van der Waals surface area contributed by atoms with Crippen LogP contribution in [0.1, 0.15) is 47.6 Å². The van der Waals surface area contributed by atoms with E-state index < -0.39 is 6.43 Å². The highest BCUT2D eigenvalue weighted by Gasteiger charge is 2.31. The summed E-state index contributed by atoms with van der Waals surface area (Å²) in [7, 11) is 3.41. The minimum atomic E-state index is -2.61. The summed E-state index contributed by atoms with van der Waals surface area (Å²) in [4.78, 5) is 19.2. The Hall–Kier alpha value is -3.29. The van der Waals surface area contributed by atoms with Crippen LogP contribution in [0.15, 0.2) is 36.7 Å². The zero-order valence-corrected chi connectivity index (χ0v) is 18.1. The Balaban J connectivity index is 1.58. The molecule has 1 aliphatic carbocycles. The van der Waals surface area contributed by atoms with Gasteiger partial charge in [0.25, 0.3) is 6.43 Å². The van der Waals surface area contributed by atoms with Crippen molar-refractivity contribution in [1.82, 2.24) is 20.1 Å². The molecule has 6 nitrogen and oxygen atoms in total. The van der Waals surface area contributed by atoms with Gasteiger partial charge in [-0.1, -0.05) is 6.07 Å². The molecule has 0 spiro atoms. The summed E-state index contributed by atoms with van der Waals surface area (Å²) < 4.78 is 29.8. The SMILES string of the molecule is CNC(=O)C1CCc2ccc(N3CCCc4cc(-c5cnn(C)c5)c(C(F)F)cc43)nc21. The topological polar surface area (TPSA) is 63.1 Å². The molecule has 0 bridgehead atoms. The van der Waals surface area contributed by atoms with E-state index in [4.69, 9.17) is 4.98 Å². The van der Waals surface area contributed by atoms with Crippen LogP contribution in [0.5, 0.6) is 0 Å². The van der Waals surface area contributed by atoms with E-state index in [0.717, 1.165) is 48.2 Å². The van der Waals surface area contributed by atoms with Gasteiger partial charge in [-0.15, -0.1) is 0 Å². The molecule has 0 saturated heterocycles. The van der Waals surface area contributed by atoms with Gasteiger partial charge in [0.05, 0.1) is 17.8 Å². The number of likely N-dealkylation sites (N-methyl/N-ethyl adjacent to an activating group) is 1. The third-order valence-corrected chi connectivity index (χ3v) is 6.49. The number of hydrogen-bond donors (Lipinski definition) is 1. The highest BCUT2D eigenvalue weighted by molar-refractivity contribution is 5.84. The monoisotopic (exact) mass is 437 g/mol. The van der Waals surface area contributed by atoms with Crippen LogP contribution >= 0.6 is 0 Å². The first kappa shape index (κ1) is 20.6. The molecule has 1 aliphatic heterocycles. The quantitative estimate of drug-likeness (QED) is 0.662. The third kappa shape index (κ3) is 3.43. The number of fused-ring (bicyclic) bond motifs is 2. The summed E-state index contributed by atoms with van der Waals surface area (Å²) in [5.41, 5.74) is 4.87. The van der Waals surface area contributed by atoms with E-state index in [1.165, 1.54) is 0 Å². The second kappa shape index (κ2) is 8.00. The number of halogens is 2. The molecular weight excluding hydrogens is 412 g/mol. The van der Waals surface area contributed by atoms with Gasteiger partial charge in [0.15, 0.2) is 0 Å². The first-order valence-corrected chi connectivity index (χ1v) is 10.9. The minimum absolute atomic E-state index is 0.00644. The lowest BCUT2D eigenvalue weighted by Crippen LogP contribution is -2.27. The number of carbonyl (C=O) groups is 1. The van der Waals surface area contributed by atoms with E-state index in [1.807, 2.05) is 23.1 Å². The number of amides is 1. The average molecular weight is 437 g/mol. The third-order valence-electron chi connectivity index (χ3n) is 6.49. The van der Waals surface area contributed by atoms with E-state index in [9.17, 15) is 13.6 Å². The fraction of sp³-hybridized carbons (Fsp3) is 0.375. The number of rotatable bonds is 4. The molecule has 1 aromatic carbocycles. The predicted octanol–water partition coefficient (Wildman–Crippen LogP) is 4.28. The van der Waals surface area contributed by atoms with Gasteiger partial charge in [-0.3, -0.25) is 9.48 Å². The predicted molar refractivity (Wildman–Crippen MR) is 118 cm³/mol. The number of nitrogens with one attached hydrogen (secondary N) is 1. The summed E-state index contributed by atoms with van der Waals surface area (Å²) in [6, 6.07) is 7.44. The molecule has 2 aromatic heterocycles. The van der Waals surface area contributed by atoms with Crippen LogP contribution in [0.3, 0.4) is 0 Å². The molecule has 1 amide bonds. The molecule has 0 radical (unpaired) electrons. The highest BCUT2D eigenvalue weighted by Crippen LogP contribution is 2.42. The van der Waals surface area contributed by atoms with Crippen molar-refractivity contribution in [3.8, 4) is 11.1 Å². The first-order chi connectivity index (χ1) is 15.5. The number of benzene rings is 1. The van der Waals surface area contributed by atoms with Gasteiger partial charge in [-0.2, -0.15) is 5.10 Å². The van der Waals surface area contributed by atoms with Crippen LogP contribution in [0.2, 0.25) is 0 Å². The van der Waals surface area contributed by atoms with Gasteiger partial charge in [-0.25, -0.2) is 13.8 Å². The smallest absolute Gasteiger partial charge is 0.264 e. The number of alkyl halides is 2. The average Bonchev–Trinajstić information content (AvgIpc) is 3.43. The molecule has 0 fully saturated rings. The van der Waals surface area contributed by atoms with Crippen LogP contribution in [-0.4, -0.2) is 34.3 Å². The zero-order chi connectivity index (χ0) is 22.4. The molecule has 8 heteroatoms. The Bertz CT molecular complexity index is 1190. The Morgan fingerprint density at radius 2 is 2.06 bits per heavy atom. The molecule has 3 heterocycles. The molecule has 5 rings (SSSR count). The molecule has 1 unspecified atom stereocenters. The molecule has 3 aromatic rings. The molecule has 2 aliphatic rings. The Kier molecular flexibility index (Phi) is 5.15. The summed E-state index contributed by atoms with van der Waals surface area (Å²) in [6.07, 6.45) is 4.04. The lowest BCUT2D eigenvalue weighted by molar-refractivity contribution is -0.122. The Labute approximate surface area is 185 Å². The normalized spacial score (nSPS) is 17.4. The molecule has 1 atom stereocenters. The zero-order valence-electron chi connectivity index (χ0n) is 18.1. The molecular formula is C24H25F2N5O. The number of aryl methyl sites for hydroxylation is 3. The van der Waals surface area contributed by atoms with Crippen molar-refractivity contribution in [2.24, 2.45) is 7.05 Å². The largest absolute Gasteiger partial charge is 0.359 e. The molecule has 1 N–H and O–H groups in total. The van der Waals surface area contributed by atoms with Crippen molar-refractivity contribution >= 4 is 17.4 Å². The second-order valence-electron chi connectivity index (χ2n) is 8.45. The van der Waals surface area contributed by atoms with Gasteiger partial charge in [-0.05, 0) is 60.6 Å². The maximum atomic E-state index is 14.1. The summed E-state index contributed by atoms with van der Waals surface area (Å²) in [6.45, 7) is 0.693. The van der Waals surface area contributed by atoms with Gasteiger partial charge >= 0.3 is 0 Å². The van der Waals surface area contributed by atoms with Crippen molar-refractivity contribution in [3.63, 3.8) is 0 Å². The fourth-order valence-corrected chi connectivity index (χ4v) is 4.90. The van der Waals surface area contributed by atoms with Crippen LogP contribution < -0.4 is 10.2 Å². The van der Waals surface area contributed by atoms with E-state index >= 15 is 0 Å². The fourth-order valence-electron chi connectivity index (χ4n) is 4.90. The standard InChI is InChI=1S/C24H25F2N5O/c1-27-24(32)17-7-5-14-6-8-21(29-22(14)17)31-9-3-4-15-10-18(16-12-28-30(2)13-16)19(23(25)26)11-20(15)31/h6,8,10-13,17,23H,3-5,7,9H2,1-2H3,(H,27,32). The molecule has 166 valence electrons. The summed E-state index contributed by atoms with van der Waals surface area (Å²) >= 11 is 0. The highest BCUT2D eigenvalue weighted by atomic mass is 19.3. The van der Waals surface area contributed by atoms with Crippen molar-refractivity contribution in [2.75, 3.05) is 18.5 Å². The van der Waals surface area contributed by atoms with Crippen molar-refractivity contribution < 1.29 is 13.6 Å². The minimum Gasteiger partial charge on any atom is -0.359 e. The number of carbonyl (C=O) groups excluding carboxylic acids is 1. The lowest BCUT2D eigenvalue weighted by Gasteiger charge is -2.32. The first-order valence-electron chi connectivity index (χ1n) is 10.9. The van der Waals surface area contributed by atoms with Gasteiger partial charge in [0, 0.05) is 43.7 Å². The maximum Gasteiger partial charge on any atom is 0.264 e. The lowest BCUT2D eigenvalue weighted by atomic mass is 9.93. The van der Waals surface area contributed by atoms with Gasteiger partial charge in [0.2, 0.25) is 5.91 Å². The molecule has 32 heavy (non-hydrogen) atoms. The van der Waals surface area contributed by atoms with Crippen molar-refractivity contribution in [2.45, 2.75) is 38.0 Å². The summed E-state index contributed by atoms with van der Waals surface area (Å²) in [5, 5.41) is 6.87. The van der Waals surface area contributed by atoms with E-state index in [-0.39, 0.29) is 17.4 Å². The number of anilines is 2. The van der Waals surface area contributed by atoms with Crippen LogP contribution in [0.4, 0.5) is 20.3 Å². The van der Waals surface area contributed by atoms with Crippen molar-refractivity contribution in [1.29, 1.82) is 0 Å². The van der Waals surface area contributed by atoms with Crippen LogP contribution in [0.25, 0.3) is 11.1 Å². The number of pyridine rings is 1. The number of hydrogen-bond acceptors (Lipinski definition) is 4. The maximum absolute atomic E-state index is 14.1. The Morgan fingerprint density at radius 3 is 2.78 bits per heavy atom. The summed E-state index contributed by atoms with van der Waals surface area (Å²) in [5.74, 6) is 0.409. The molecule has 0 saturated carbocycles. The van der Waals surface area contributed by atoms with Crippen molar-refractivity contribution in [3.05, 3.63) is 59.0 Å². The second-order valence-corrected chi connectivity index (χ2v) is 8.45. The van der Waals surface area contributed by atoms with E-state index in [0.29, 0.717) is 23.5 Å². The van der Waals surface area contributed by atoms with E-state index in [2.05, 4.69) is 10.4 Å². The van der Waals surface area contributed by atoms with Crippen LogP contribution in [-0.2, 0) is 24.7 Å². The van der Waals surface area contributed by atoms with Gasteiger partial charge in [0.1, 0.15) is 5.82 Å². The van der Waals surface area contributed by atoms with E-state index in [1.54, 1.807) is 37.2 Å². The number of nitrogens with zero attached hydrogens (tertiary/aromatic N) is 4. The number of aromatic nitrogens is 3. The van der Waals surface area contributed by atoms with Gasteiger partial charge < -0.3 is 10.2 Å². The van der Waals surface area contributed by atoms with Crippen LogP contribution in [0, 0.1) is 0 Å².